The molecule has 1 heterocycles. The number of benzene rings is 1. The summed E-state index contributed by atoms with van der Waals surface area (Å²) in [5, 5.41) is 3.19. The normalized spacial score (nSPS) is 13.7. The maximum atomic E-state index is 12.5. The zero-order chi connectivity index (χ0) is 16.8. The van der Waals surface area contributed by atoms with Gasteiger partial charge in [0.1, 0.15) is 11.5 Å². The summed E-state index contributed by atoms with van der Waals surface area (Å²) in [7, 11) is 4.68. The van der Waals surface area contributed by atoms with Crippen molar-refractivity contribution in [1.29, 1.82) is 0 Å². The van der Waals surface area contributed by atoms with Crippen LogP contribution in [-0.4, -0.2) is 75.6 Å². The van der Waals surface area contributed by atoms with Gasteiger partial charge in [-0.3, -0.25) is 9.59 Å². The van der Waals surface area contributed by atoms with Crippen LogP contribution in [0, 0.1) is 0 Å². The molecule has 7 nitrogen and oxygen atoms in total. The van der Waals surface area contributed by atoms with Crippen LogP contribution < -0.4 is 14.8 Å². The van der Waals surface area contributed by atoms with Crippen molar-refractivity contribution in [3.63, 3.8) is 0 Å². The van der Waals surface area contributed by atoms with Gasteiger partial charge in [-0.2, -0.15) is 0 Å². The lowest BCUT2D eigenvalue weighted by molar-refractivity contribution is -0.132. The molecule has 2 amide bonds. The van der Waals surface area contributed by atoms with E-state index in [-0.39, 0.29) is 30.8 Å². The first-order valence-electron chi connectivity index (χ1n) is 7.52. The number of methoxy groups -OCH3 is 2. The third-order valence-corrected chi connectivity index (χ3v) is 3.79. The molecule has 2 rings (SSSR count). The second-order valence-corrected chi connectivity index (χ2v) is 5.39. The summed E-state index contributed by atoms with van der Waals surface area (Å²) in [4.78, 5) is 28.0. The van der Waals surface area contributed by atoms with Gasteiger partial charge in [0.15, 0.2) is 0 Å². The van der Waals surface area contributed by atoms with Crippen molar-refractivity contribution in [2.45, 2.75) is 0 Å². The Labute approximate surface area is 148 Å². The SMILES string of the molecule is COc1cc(OC)cc(C(=O)N(C)CC(=O)N2CCNCC2)c1.Cl. The molecule has 0 radical (unpaired) electrons. The summed E-state index contributed by atoms with van der Waals surface area (Å²) in [5.74, 6) is 0.784. The van der Waals surface area contributed by atoms with Crippen LogP contribution in [0.2, 0.25) is 0 Å². The fourth-order valence-corrected chi connectivity index (χ4v) is 2.44. The number of likely N-dealkylation sites (N-methyl/N-ethyl adjacent to an activating group) is 1. The molecular weight excluding hydrogens is 334 g/mol. The molecule has 1 aromatic carbocycles. The first kappa shape index (κ1) is 20.1. The number of halogens is 1. The third kappa shape index (κ3) is 5.01. The number of piperazine rings is 1. The third-order valence-electron chi connectivity index (χ3n) is 3.79. The van der Waals surface area contributed by atoms with Crippen molar-refractivity contribution < 1.29 is 19.1 Å². The van der Waals surface area contributed by atoms with E-state index in [4.69, 9.17) is 9.47 Å². The summed E-state index contributed by atoms with van der Waals surface area (Å²) in [6.07, 6.45) is 0. The molecule has 8 heteroatoms. The van der Waals surface area contributed by atoms with Crippen molar-refractivity contribution in [2.75, 3.05) is 54.0 Å². The number of amides is 2. The molecule has 0 unspecified atom stereocenters. The highest BCUT2D eigenvalue weighted by Crippen LogP contribution is 2.23. The number of nitrogens with one attached hydrogen (secondary N) is 1. The van der Waals surface area contributed by atoms with Crippen LogP contribution >= 0.6 is 12.4 Å². The van der Waals surface area contributed by atoms with Crippen molar-refractivity contribution >= 4 is 24.2 Å². The van der Waals surface area contributed by atoms with E-state index in [2.05, 4.69) is 5.32 Å². The van der Waals surface area contributed by atoms with Crippen molar-refractivity contribution in [2.24, 2.45) is 0 Å². The zero-order valence-electron chi connectivity index (χ0n) is 14.2. The Balaban J connectivity index is 0.00000288. The summed E-state index contributed by atoms with van der Waals surface area (Å²) in [6.45, 7) is 2.98. The Morgan fingerprint density at radius 1 is 1.12 bits per heavy atom. The van der Waals surface area contributed by atoms with Crippen LogP contribution in [0.15, 0.2) is 18.2 Å². The maximum absolute atomic E-state index is 12.5. The Kier molecular flexibility index (Phi) is 7.81. The zero-order valence-corrected chi connectivity index (χ0v) is 15.0. The van der Waals surface area contributed by atoms with Gasteiger partial charge in [0, 0.05) is 44.9 Å². The molecule has 1 aliphatic heterocycles. The lowest BCUT2D eigenvalue weighted by Gasteiger charge is -2.29. The number of nitrogens with zero attached hydrogens (tertiary/aromatic N) is 2. The number of carbonyl (C=O) groups is 2. The van der Waals surface area contributed by atoms with Gasteiger partial charge in [-0.1, -0.05) is 0 Å². The van der Waals surface area contributed by atoms with E-state index in [0.717, 1.165) is 13.1 Å². The number of hydrogen-bond donors (Lipinski definition) is 1. The molecule has 1 aliphatic rings. The first-order valence-corrected chi connectivity index (χ1v) is 7.52. The molecule has 0 saturated carbocycles. The topological polar surface area (TPSA) is 71.1 Å². The lowest BCUT2D eigenvalue weighted by atomic mass is 10.1. The van der Waals surface area contributed by atoms with Crippen molar-refractivity contribution in [3.8, 4) is 11.5 Å². The second kappa shape index (κ2) is 9.34. The molecule has 1 fully saturated rings. The van der Waals surface area contributed by atoms with Crippen molar-refractivity contribution in [1.82, 2.24) is 15.1 Å². The largest absolute Gasteiger partial charge is 0.497 e. The smallest absolute Gasteiger partial charge is 0.254 e. The molecule has 0 aromatic heterocycles. The van der Waals surface area contributed by atoms with E-state index in [0.29, 0.717) is 30.2 Å². The molecule has 1 N–H and O–H groups in total. The fraction of sp³-hybridized carbons (Fsp3) is 0.500. The predicted molar refractivity (Wildman–Crippen MR) is 93.2 cm³/mol. The molecule has 134 valence electrons. The van der Waals surface area contributed by atoms with E-state index in [1.54, 1.807) is 30.1 Å². The van der Waals surface area contributed by atoms with E-state index in [1.807, 2.05) is 0 Å². The summed E-state index contributed by atoms with van der Waals surface area (Å²) in [6, 6.07) is 4.97. The van der Waals surface area contributed by atoms with Crippen LogP contribution in [0.25, 0.3) is 0 Å². The second-order valence-electron chi connectivity index (χ2n) is 5.39. The quantitative estimate of drug-likeness (QED) is 0.837. The number of carbonyl (C=O) groups excluding carboxylic acids is 2. The molecule has 1 aromatic rings. The monoisotopic (exact) mass is 357 g/mol. The Bertz CT molecular complexity index is 554. The number of hydrogen-bond acceptors (Lipinski definition) is 5. The Morgan fingerprint density at radius 2 is 1.67 bits per heavy atom. The highest BCUT2D eigenvalue weighted by molar-refractivity contribution is 5.97. The van der Waals surface area contributed by atoms with Crippen LogP contribution in [0.1, 0.15) is 10.4 Å². The molecule has 24 heavy (non-hydrogen) atoms. The van der Waals surface area contributed by atoms with Gasteiger partial charge in [0.05, 0.1) is 20.8 Å². The van der Waals surface area contributed by atoms with E-state index >= 15 is 0 Å². The lowest BCUT2D eigenvalue weighted by Crippen LogP contribution is -2.49. The molecule has 1 saturated heterocycles. The number of rotatable bonds is 5. The highest BCUT2D eigenvalue weighted by atomic mass is 35.5. The van der Waals surface area contributed by atoms with Gasteiger partial charge in [0.2, 0.25) is 5.91 Å². The van der Waals surface area contributed by atoms with Crippen LogP contribution in [0.4, 0.5) is 0 Å². The molecule has 0 aliphatic carbocycles. The Hall–Kier alpha value is -1.99. The van der Waals surface area contributed by atoms with Gasteiger partial charge < -0.3 is 24.6 Å². The standard InChI is InChI=1S/C16H23N3O4.ClH/c1-18(11-15(20)19-6-4-17-5-7-19)16(21)12-8-13(22-2)10-14(9-12)23-3;/h8-10,17H,4-7,11H2,1-3H3;1H. The van der Waals surface area contributed by atoms with Crippen LogP contribution in [0.3, 0.4) is 0 Å². The van der Waals surface area contributed by atoms with Gasteiger partial charge in [-0.25, -0.2) is 0 Å². The van der Waals surface area contributed by atoms with Gasteiger partial charge in [0.25, 0.3) is 5.91 Å². The molecule has 0 spiro atoms. The summed E-state index contributed by atoms with van der Waals surface area (Å²) < 4.78 is 10.3. The predicted octanol–water partition coefficient (Wildman–Crippen LogP) is 0.629. The minimum absolute atomic E-state index is 0. The number of ether oxygens (including phenoxy) is 2. The van der Waals surface area contributed by atoms with Gasteiger partial charge in [-0.05, 0) is 12.1 Å². The average Bonchev–Trinajstić information content (AvgIpc) is 2.61. The molecule has 0 bridgehead atoms. The minimum Gasteiger partial charge on any atom is -0.497 e. The van der Waals surface area contributed by atoms with E-state index in [1.165, 1.54) is 19.1 Å². The average molecular weight is 358 g/mol. The molecule has 0 atom stereocenters. The Morgan fingerprint density at radius 3 is 2.17 bits per heavy atom. The minimum atomic E-state index is -0.245. The maximum Gasteiger partial charge on any atom is 0.254 e. The first-order chi connectivity index (χ1) is 11.0. The fourth-order valence-electron chi connectivity index (χ4n) is 2.44. The van der Waals surface area contributed by atoms with Crippen LogP contribution in [-0.2, 0) is 4.79 Å². The van der Waals surface area contributed by atoms with Gasteiger partial charge >= 0.3 is 0 Å². The van der Waals surface area contributed by atoms with E-state index in [9.17, 15) is 9.59 Å². The van der Waals surface area contributed by atoms with Gasteiger partial charge in [-0.15, -0.1) is 12.4 Å². The van der Waals surface area contributed by atoms with Crippen molar-refractivity contribution in [3.05, 3.63) is 23.8 Å². The van der Waals surface area contributed by atoms with E-state index < -0.39 is 0 Å². The summed E-state index contributed by atoms with van der Waals surface area (Å²) >= 11 is 0. The highest BCUT2D eigenvalue weighted by Gasteiger charge is 2.21. The summed E-state index contributed by atoms with van der Waals surface area (Å²) in [5.41, 5.74) is 0.428. The molecular formula is C16H24ClN3O4. The van der Waals surface area contributed by atoms with Crippen LogP contribution in [0.5, 0.6) is 11.5 Å².